The van der Waals surface area contributed by atoms with Gasteiger partial charge in [0.2, 0.25) is 0 Å². The number of esters is 2. The van der Waals surface area contributed by atoms with Gasteiger partial charge in [0, 0.05) is 37.2 Å². The number of aliphatic hydroxyl groups excluding tert-OH is 4. The third-order valence-corrected chi connectivity index (χ3v) is 10.2. The summed E-state index contributed by atoms with van der Waals surface area (Å²) in [4.78, 5) is 25.4. The van der Waals surface area contributed by atoms with E-state index in [0.717, 1.165) is 5.57 Å². The van der Waals surface area contributed by atoms with Crippen molar-refractivity contribution in [1.82, 2.24) is 0 Å². The Morgan fingerprint density at radius 2 is 1.84 bits per heavy atom. The molecule has 4 N–H and O–H groups in total. The molecule has 2 unspecified atom stereocenters. The van der Waals surface area contributed by atoms with Crippen molar-refractivity contribution >= 4 is 11.9 Å². The second-order valence-corrected chi connectivity index (χ2v) is 15.1. The van der Waals surface area contributed by atoms with E-state index in [2.05, 4.69) is 6.08 Å². The Labute approximate surface area is 304 Å². The summed E-state index contributed by atoms with van der Waals surface area (Å²) in [6, 6.07) is 0. The van der Waals surface area contributed by atoms with Gasteiger partial charge in [-0.3, -0.25) is 0 Å². The maximum absolute atomic E-state index is 13.0. The van der Waals surface area contributed by atoms with Crippen LogP contribution in [-0.4, -0.2) is 94.4 Å². The largest absolute Gasteiger partial charge is 0.463 e. The maximum Gasteiger partial charge on any atom is 0.335 e. The Morgan fingerprint density at radius 3 is 2.57 bits per heavy atom. The van der Waals surface area contributed by atoms with Crippen molar-refractivity contribution in [3.8, 4) is 0 Å². The van der Waals surface area contributed by atoms with Gasteiger partial charge in [0.05, 0.1) is 55.3 Å². The Kier molecular flexibility index (Phi) is 17.5. The molecule has 0 radical (unpaired) electrons. The molecule has 286 valence electrons. The molecule has 0 amide bonds. The lowest BCUT2D eigenvalue weighted by molar-refractivity contribution is -0.198. The predicted molar refractivity (Wildman–Crippen MR) is 196 cm³/mol. The second-order valence-electron chi connectivity index (χ2n) is 15.1. The first-order chi connectivity index (χ1) is 24.2. The van der Waals surface area contributed by atoms with E-state index in [-0.39, 0.29) is 49.8 Å². The van der Waals surface area contributed by atoms with Crippen molar-refractivity contribution in [2.75, 3.05) is 13.2 Å². The van der Waals surface area contributed by atoms with Crippen molar-refractivity contribution in [3.63, 3.8) is 0 Å². The average Bonchev–Trinajstić information content (AvgIpc) is 3.07. The third-order valence-electron chi connectivity index (χ3n) is 10.2. The lowest BCUT2D eigenvalue weighted by atomic mass is 9.73. The number of carbonyl (C=O) groups is 2. The van der Waals surface area contributed by atoms with E-state index < -0.39 is 47.9 Å². The quantitative estimate of drug-likeness (QED) is 0.161. The molecule has 3 aliphatic rings. The molecule has 3 aliphatic heterocycles. The first-order valence-electron chi connectivity index (χ1n) is 18.6. The van der Waals surface area contributed by atoms with Crippen molar-refractivity contribution in [1.29, 1.82) is 0 Å². The summed E-state index contributed by atoms with van der Waals surface area (Å²) >= 11 is 0. The second kappa shape index (κ2) is 21.0. The molecule has 2 fully saturated rings. The molecular weight excluding hydrogens is 652 g/mol. The number of allylic oxidation sites excluding steroid dienone is 6. The molecule has 3 rings (SSSR count). The van der Waals surface area contributed by atoms with Crippen LogP contribution in [0.3, 0.4) is 0 Å². The van der Waals surface area contributed by atoms with Crippen molar-refractivity contribution in [2.24, 2.45) is 23.2 Å². The zero-order valence-corrected chi connectivity index (χ0v) is 31.3. The third kappa shape index (κ3) is 13.6. The molecule has 11 atom stereocenters. The summed E-state index contributed by atoms with van der Waals surface area (Å²) in [7, 11) is 0. The van der Waals surface area contributed by atoms with Crippen LogP contribution in [0.15, 0.2) is 72.4 Å². The van der Waals surface area contributed by atoms with Crippen LogP contribution < -0.4 is 0 Å². The summed E-state index contributed by atoms with van der Waals surface area (Å²) in [5.74, 6) is -1.25. The minimum atomic E-state index is -1.36. The highest BCUT2D eigenvalue weighted by Crippen LogP contribution is 2.41. The normalized spacial score (nSPS) is 36.2. The fourth-order valence-electron chi connectivity index (χ4n) is 6.57. The van der Waals surface area contributed by atoms with Gasteiger partial charge in [0.15, 0.2) is 6.10 Å². The smallest absolute Gasteiger partial charge is 0.335 e. The molecule has 51 heavy (non-hydrogen) atoms. The van der Waals surface area contributed by atoms with Gasteiger partial charge in [-0.25, -0.2) is 9.59 Å². The highest BCUT2D eigenvalue weighted by atomic mass is 16.6. The van der Waals surface area contributed by atoms with Crippen LogP contribution >= 0.6 is 0 Å². The summed E-state index contributed by atoms with van der Waals surface area (Å²) in [6.45, 7) is 11.4. The van der Waals surface area contributed by atoms with Crippen LogP contribution in [0.1, 0.15) is 86.5 Å². The van der Waals surface area contributed by atoms with E-state index >= 15 is 0 Å². The zero-order valence-electron chi connectivity index (χ0n) is 31.3. The molecule has 10 heteroatoms. The highest BCUT2D eigenvalue weighted by molar-refractivity contribution is 5.82. The number of aliphatic hydroxyl groups is 4. The topological polar surface area (TPSA) is 152 Å². The van der Waals surface area contributed by atoms with E-state index in [9.17, 15) is 30.0 Å². The fourth-order valence-corrected chi connectivity index (χ4v) is 6.57. The number of hydrogen-bond acceptors (Lipinski definition) is 10. The van der Waals surface area contributed by atoms with Gasteiger partial charge in [-0.2, -0.15) is 0 Å². The molecule has 0 aromatic carbocycles. The Hall–Kier alpha value is -2.86. The van der Waals surface area contributed by atoms with E-state index in [0.29, 0.717) is 44.4 Å². The predicted octanol–water partition coefficient (Wildman–Crippen LogP) is 5.46. The van der Waals surface area contributed by atoms with Crippen molar-refractivity contribution in [2.45, 2.75) is 135 Å². The first kappa shape index (κ1) is 42.6. The van der Waals surface area contributed by atoms with E-state index in [1.165, 1.54) is 6.08 Å². The van der Waals surface area contributed by atoms with Crippen LogP contribution in [0.2, 0.25) is 0 Å². The molecule has 4 bridgehead atoms. The summed E-state index contributed by atoms with van der Waals surface area (Å²) in [5.41, 5.74) is 0.116. The van der Waals surface area contributed by atoms with Gasteiger partial charge >= 0.3 is 11.9 Å². The highest BCUT2D eigenvalue weighted by Gasteiger charge is 2.49. The monoisotopic (exact) mass is 714 g/mol. The van der Waals surface area contributed by atoms with Gasteiger partial charge in [-0.05, 0) is 38.5 Å². The Bertz CT molecular complexity index is 1280. The number of ether oxygens (including phenoxy) is 4. The SMILES string of the molecule is CC1=C/[C@H]2O[C@@H](C/C=C/C=C/C(=O)O[C@@H]3C[C@@H](/C=C/C\C=C\1)O[C@@H](C/C=C\C[C@H](O)C(=O)OCC(C)C(O)CC(C)C)[C@]3(C)CO)C[C@H](O)[C@H]2C. The molecule has 10 nitrogen and oxygen atoms in total. The molecule has 0 aliphatic carbocycles. The number of hydrogen-bond donors (Lipinski definition) is 4. The standard InChI is InChI=1S/C41H62O10/c1-27(2)21-34(44)29(4)25-48-40(47)33(43)18-13-14-19-37-41(6,26-42)38-24-32(50-37)17-10-7-9-15-28(3)22-36-30(5)35(45)23-31(49-36)16-11-8-12-20-39(46)51-38/h8-15,17,20,22,27,29-38,42-45H,7,16,18-19,21,23-26H2,1-6H3/b11-8+,14-13-,15-9+,17-10+,20-12+,28-22-/t29?,30-,31+,32-,33+,34?,35+,36-,37+,38-,41+/m1/s1. The molecule has 2 saturated heterocycles. The van der Waals surface area contributed by atoms with E-state index in [1.54, 1.807) is 31.2 Å². The van der Waals surface area contributed by atoms with Crippen LogP contribution in [0.5, 0.6) is 0 Å². The number of rotatable bonds is 11. The number of carbonyl (C=O) groups excluding carboxylic acids is 2. The van der Waals surface area contributed by atoms with E-state index in [1.807, 2.05) is 65.0 Å². The zero-order chi connectivity index (χ0) is 37.6. The van der Waals surface area contributed by atoms with Gasteiger partial charge in [-0.15, -0.1) is 0 Å². The summed E-state index contributed by atoms with van der Waals surface area (Å²) in [5, 5.41) is 41.9. The van der Waals surface area contributed by atoms with Crippen LogP contribution in [0, 0.1) is 23.2 Å². The lowest BCUT2D eigenvalue weighted by Crippen LogP contribution is -2.55. The molecule has 3 heterocycles. The van der Waals surface area contributed by atoms with Crippen LogP contribution in [0.25, 0.3) is 0 Å². The van der Waals surface area contributed by atoms with Crippen molar-refractivity contribution in [3.05, 3.63) is 72.4 Å². The maximum atomic E-state index is 13.0. The van der Waals surface area contributed by atoms with Crippen LogP contribution in [-0.2, 0) is 28.5 Å². The first-order valence-corrected chi connectivity index (χ1v) is 18.6. The lowest BCUT2D eigenvalue weighted by Gasteiger charge is -2.47. The number of fused-ring (bicyclic) bond motifs is 4. The molecule has 0 spiro atoms. The molecule has 0 aromatic rings. The van der Waals surface area contributed by atoms with Gasteiger partial charge in [0.25, 0.3) is 0 Å². The Morgan fingerprint density at radius 1 is 1.08 bits per heavy atom. The van der Waals surface area contributed by atoms with Crippen molar-refractivity contribution < 1.29 is 49.0 Å². The average molecular weight is 715 g/mol. The summed E-state index contributed by atoms with van der Waals surface area (Å²) in [6.07, 6.45) is 18.9. The van der Waals surface area contributed by atoms with Gasteiger partial charge < -0.3 is 39.4 Å². The fraction of sp³-hybridized carbons (Fsp3) is 0.659. The Balaban J connectivity index is 1.70. The molecule has 0 aromatic heterocycles. The van der Waals surface area contributed by atoms with E-state index in [4.69, 9.17) is 18.9 Å². The summed E-state index contributed by atoms with van der Waals surface area (Å²) < 4.78 is 23.9. The molecule has 0 saturated carbocycles. The minimum absolute atomic E-state index is 0.0189. The minimum Gasteiger partial charge on any atom is -0.463 e. The van der Waals surface area contributed by atoms with Gasteiger partial charge in [-0.1, -0.05) is 101 Å². The van der Waals surface area contributed by atoms with Crippen LogP contribution in [0.4, 0.5) is 0 Å². The van der Waals surface area contributed by atoms with Gasteiger partial charge in [0.1, 0.15) is 6.10 Å². The molecular formula is C41H62O10.